The smallest absolute Gasteiger partial charge is 0.232 e. The highest BCUT2D eigenvalue weighted by molar-refractivity contribution is 7.92. The fraction of sp³-hybridized carbons (Fsp3) is 0.200. The number of sulfonamides is 1. The lowest BCUT2D eigenvalue weighted by atomic mass is 10.2. The average Bonchev–Trinajstić information content (AvgIpc) is 2.46. The minimum absolute atomic E-state index is 0.0461. The van der Waals surface area contributed by atoms with Crippen LogP contribution in [0, 0.1) is 0 Å². The monoisotopic (exact) mass is 306 g/mol. The van der Waals surface area contributed by atoms with Gasteiger partial charge in [0.1, 0.15) is 5.75 Å². The summed E-state index contributed by atoms with van der Waals surface area (Å²) in [5, 5.41) is 12.6. The second-order valence-electron chi connectivity index (χ2n) is 4.61. The van der Waals surface area contributed by atoms with Gasteiger partial charge in [0.15, 0.2) is 0 Å². The van der Waals surface area contributed by atoms with Crippen molar-refractivity contribution >= 4 is 21.4 Å². The molecule has 0 saturated heterocycles. The minimum atomic E-state index is -3.24. The van der Waals surface area contributed by atoms with Gasteiger partial charge >= 0.3 is 0 Å². The molecule has 21 heavy (non-hydrogen) atoms. The second-order valence-corrected chi connectivity index (χ2v) is 6.62. The van der Waals surface area contributed by atoms with Gasteiger partial charge in [0.2, 0.25) is 10.0 Å². The van der Waals surface area contributed by atoms with Crippen molar-refractivity contribution in [3.05, 3.63) is 54.1 Å². The van der Waals surface area contributed by atoms with Crippen LogP contribution in [0.4, 0.5) is 11.4 Å². The van der Waals surface area contributed by atoms with Crippen LogP contribution in [-0.2, 0) is 16.6 Å². The highest BCUT2D eigenvalue weighted by Gasteiger charge is 2.06. The molecule has 112 valence electrons. The van der Waals surface area contributed by atoms with Gasteiger partial charge in [0.25, 0.3) is 0 Å². The average molecular weight is 306 g/mol. The predicted molar refractivity (Wildman–Crippen MR) is 85.0 cm³/mol. The molecular weight excluding hydrogens is 288 g/mol. The van der Waals surface area contributed by atoms with E-state index in [1.54, 1.807) is 49.4 Å². The van der Waals surface area contributed by atoms with Crippen LogP contribution in [0.2, 0.25) is 0 Å². The van der Waals surface area contributed by atoms with Gasteiger partial charge in [-0.1, -0.05) is 12.1 Å². The van der Waals surface area contributed by atoms with Crippen molar-refractivity contribution in [3.63, 3.8) is 0 Å². The van der Waals surface area contributed by atoms with E-state index < -0.39 is 10.0 Å². The maximum absolute atomic E-state index is 11.4. The molecule has 0 aliphatic carbocycles. The molecule has 2 aromatic carbocycles. The summed E-state index contributed by atoms with van der Waals surface area (Å²) in [6.45, 7) is 2.17. The van der Waals surface area contributed by atoms with Crippen molar-refractivity contribution in [3.8, 4) is 5.75 Å². The van der Waals surface area contributed by atoms with E-state index >= 15 is 0 Å². The first-order valence-electron chi connectivity index (χ1n) is 6.61. The number of anilines is 2. The van der Waals surface area contributed by atoms with Crippen LogP contribution in [-0.4, -0.2) is 19.3 Å². The van der Waals surface area contributed by atoms with Crippen LogP contribution in [0.25, 0.3) is 0 Å². The molecular formula is C15H18N2O3S. The van der Waals surface area contributed by atoms with E-state index in [-0.39, 0.29) is 11.5 Å². The third kappa shape index (κ3) is 4.68. The van der Waals surface area contributed by atoms with E-state index in [0.717, 1.165) is 11.3 Å². The molecule has 0 radical (unpaired) electrons. The lowest BCUT2D eigenvalue weighted by Crippen LogP contribution is -2.14. The molecule has 0 aliphatic heterocycles. The molecule has 0 fully saturated rings. The molecule has 6 heteroatoms. The molecule has 5 nitrogen and oxygen atoms in total. The number of rotatable bonds is 6. The molecule has 0 amide bonds. The fourth-order valence-corrected chi connectivity index (χ4v) is 2.42. The molecule has 0 saturated carbocycles. The molecule has 2 aromatic rings. The Morgan fingerprint density at radius 3 is 2.33 bits per heavy atom. The Morgan fingerprint density at radius 1 is 1.05 bits per heavy atom. The van der Waals surface area contributed by atoms with Crippen molar-refractivity contribution < 1.29 is 13.5 Å². The van der Waals surface area contributed by atoms with Crippen LogP contribution in [0.15, 0.2) is 48.5 Å². The number of hydrogen-bond donors (Lipinski definition) is 3. The third-order valence-electron chi connectivity index (χ3n) is 2.95. The summed E-state index contributed by atoms with van der Waals surface area (Å²) in [6.07, 6.45) is 0. The van der Waals surface area contributed by atoms with Crippen LogP contribution < -0.4 is 10.0 Å². The first kappa shape index (κ1) is 15.2. The first-order valence-corrected chi connectivity index (χ1v) is 8.26. The summed E-state index contributed by atoms with van der Waals surface area (Å²) in [6, 6.07) is 14.0. The van der Waals surface area contributed by atoms with E-state index in [0.29, 0.717) is 12.2 Å². The number of benzene rings is 2. The first-order chi connectivity index (χ1) is 9.98. The molecule has 0 spiro atoms. The Kier molecular flexibility index (Phi) is 4.70. The summed E-state index contributed by atoms with van der Waals surface area (Å²) >= 11 is 0. The van der Waals surface area contributed by atoms with Gasteiger partial charge in [-0.2, -0.15) is 0 Å². The maximum Gasteiger partial charge on any atom is 0.232 e. The standard InChI is InChI=1S/C15H18N2O3S/c1-2-21(19,20)17-14-8-6-13(7-9-14)16-11-12-4-3-5-15(18)10-12/h3-10,16-18H,2,11H2,1H3. The summed E-state index contributed by atoms with van der Waals surface area (Å²) in [4.78, 5) is 0. The van der Waals surface area contributed by atoms with Gasteiger partial charge in [-0.15, -0.1) is 0 Å². The Bertz CT molecular complexity index is 697. The largest absolute Gasteiger partial charge is 0.508 e. The van der Waals surface area contributed by atoms with Gasteiger partial charge in [0, 0.05) is 17.9 Å². The van der Waals surface area contributed by atoms with Crippen molar-refractivity contribution in [1.82, 2.24) is 0 Å². The third-order valence-corrected chi connectivity index (χ3v) is 4.25. The zero-order valence-corrected chi connectivity index (χ0v) is 12.5. The quantitative estimate of drug-likeness (QED) is 0.767. The number of phenolic OH excluding ortho intramolecular Hbond substituents is 1. The highest BCUT2D eigenvalue weighted by Crippen LogP contribution is 2.17. The summed E-state index contributed by atoms with van der Waals surface area (Å²) < 4.78 is 25.4. The molecule has 0 bridgehead atoms. The number of nitrogens with one attached hydrogen (secondary N) is 2. The number of aromatic hydroxyl groups is 1. The number of phenols is 1. The summed E-state index contributed by atoms with van der Waals surface area (Å²) in [5.74, 6) is 0.281. The van der Waals surface area contributed by atoms with Gasteiger partial charge in [-0.05, 0) is 48.9 Å². The van der Waals surface area contributed by atoms with Crippen molar-refractivity contribution in [2.24, 2.45) is 0 Å². The zero-order chi connectivity index (χ0) is 15.3. The van der Waals surface area contributed by atoms with Crippen molar-refractivity contribution in [1.29, 1.82) is 0 Å². The van der Waals surface area contributed by atoms with Crippen LogP contribution in [0.3, 0.4) is 0 Å². The molecule has 0 unspecified atom stereocenters. The predicted octanol–water partition coefficient (Wildman–Crippen LogP) is 2.77. The van der Waals surface area contributed by atoms with Crippen LogP contribution >= 0.6 is 0 Å². The SMILES string of the molecule is CCS(=O)(=O)Nc1ccc(NCc2cccc(O)c2)cc1. The van der Waals surface area contributed by atoms with E-state index in [2.05, 4.69) is 10.0 Å². The van der Waals surface area contributed by atoms with Crippen LogP contribution in [0.1, 0.15) is 12.5 Å². The Morgan fingerprint density at radius 2 is 1.71 bits per heavy atom. The minimum Gasteiger partial charge on any atom is -0.508 e. The highest BCUT2D eigenvalue weighted by atomic mass is 32.2. The maximum atomic E-state index is 11.4. The molecule has 0 atom stereocenters. The zero-order valence-electron chi connectivity index (χ0n) is 11.7. The Hall–Kier alpha value is -2.21. The van der Waals surface area contributed by atoms with E-state index in [1.165, 1.54) is 0 Å². The second kappa shape index (κ2) is 6.49. The van der Waals surface area contributed by atoms with Gasteiger partial charge in [-0.3, -0.25) is 4.72 Å². The number of hydrogen-bond acceptors (Lipinski definition) is 4. The topological polar surface area (TPSA) is 78.4 Å². The van der Waals surface area contributed by atoms with Gasteiger partial charge in [-0.25, -0.2) is 8.42 Å². The van der Waals surface area contributed by atoms with Gasteiger partial charge < -0.3 is 10.4 Å². The molecule has 3 N–H and O–H groups in total. The Balaban J connectivity index is 1.96. The van der Waals surface area contributed by atoms with E-state index in [9.17, 15) is 13.5 Å². The lowest BCUT2D eigenvalue weighted by molar-refractivity contribution is 0.474. The normalized spacial score (nSPS) is 11.1. The molecule has 0 aliphatic rings. The van der Waals surface area contributed by atoms with E-state index in [4.69, 9.17) is 0 Å². The fourth-order valence-electron chi connectivity index (χ4n) is 1.78. The summed E-state index contributed by atoms with van der Waals surface area (Å²) in [7, 11) is -3.24. The summed E-state index contributed by atoms with van der Waals surface area (Å²) in [5.41, 5.74) is 2.38. The Labute approximate surface area is 124 Å². The van der Waals surface area contributed by atoms with E-state index in [1.807, 2.05) is 6.07 Å². The lowest BCUT2D eigenvalue weighted by Gasteiger charge is -2.09. The molecule has 0 aromatic heterocycles. The van der Waals surface area contributed by atoms with Crippen molar-refractivity contribution in [2.75, 3.05) is 15.8 Å². The van der Waals surface area contributed by atoms with Crippen LogP contribution in [0.5, 0.6) is 5.75 Å². The molecule has 0 heterocycles. The van der Waals surface area contributed by atoms with Crippen molar-refractivity contribution in [2.45, 2.75) is 13.5 Å². The van der Waals surface area contributed by atoms with Gasteiger partial charge in [0.05, 0.1) is 5.75 Å². The molecule has 2 rings (SSSR count).